The van der Waals surface area contributed by atoms with Crippen LogP contribution in [0.25, 0.3) is 0 Å². The monoisotopic (exact) mass is 262 g/mol. The highest BCUT2D eigenvalue weighted by molar-refractivity contribution is 5.95. The Kier molecular flexibility index (Phi) is 4.55. The van der Waals surface area contributed by atoms with Gasteiger partial charge in [0.2, 0.25) is 5.82 Å². The molecular weight excluding hydrogens is 249 g/mol. The first-order valence-electron chi connectivity index (χ1n) is 5.29. The van der Waals surface area contributed by atoms with E-state index in [4.69, 9.17) is 10.8 Å². The molecule has 0 atom stereocenters. The van der Waals surface area contributed by atoms with Gasteiger partial charge in [-0.3, -0.25) is 4.79 Å². The van der Waals surface area contributed by atoms with E-state index >= 15 is 0 Å². The minimum Gasteiger partial charge on any atom is -0.503 e. The molecule has 0 radical (unpaired) electrons. The molecule has 7 heteroatoms. The molecule has 1 rings (SSSR count). The molecule has 0 aromatic heterocycles. The normalized spacial score (nSPS) is 10.5. The van der Waals surface area contributed by atoms with Gasteiger partial charge in [0, 0.05) is 19.6 Å². The molecule has 0 aliphatic rings. The molecule has 0 aliphatic heterocycles. The Morgan fingerprint density at radius 1 is 1.39 bits per heavy atom. The van der Waals surface area contributed by atoms with Gasteiger partial charge in [-0.2, -0.15) is 4.39 Å². The van der Waals surface area contributed by atoms with Crippen molar-refractivity contribution >= 4 is 5.91 Å². The Hall–Kier alpha value is -1.76. The maximum atomic E-state index is 13.5. The third-order valence-electron chi connectivity index (χ3n) is 2.43. The molecule has 100 valence electrons. The van der Waals surface area contributed by atoms with Crippen molar-refractivity contribution in [3.05, 3.63) is 29.1 Å². The molecule has 1 aromatic carbocycles. The third kappa shape index (κ3) is 2.56. The van der Waals surface area contributed by atoms with Crippen molar-refractivity contribution in [3.63, 3.8) is 0 Å². The molecule has 0 aliphatic carbocycles. The molecule has 1 amide bonds. The molecule has 0 fully saturated rings. The number of phenols is 1. The molecule has 0 spiro atoms. The van der Waals surface area contributed by atoms with Crippen LogP contribution in [0.15, 0.2) is 6.07 Å². The zero-order chi connectivity index (χ0) is 13.9. The average Bonchev–Trinajstić information content (AvgIpc) is 2.37. The number of halogens is 3. The number of benzene rings is 1. The van der Waals surface area contributed by atoms with E-state index in [9.17, 15) is 18.0 Å². The largest absolute Gasteiger partial charge is 0.503 e. The first-order chi connectivity index (χ1) is 8.43. The van der Waals surface area contributed by atoms with Crippen molar-refractivity contribution in [1.82, 2.24) is 4.90 Å². The molecule has 0 unspecified atom stereocenters. The Bertz CT molecular complexity index is 466. The molecule has 0 saturated carbocycles. The van der Waals surface area contributed by atoms with Crippen molar-refractivity contribution in [2.75, 3.05) is 19.6 Å². The lowest BCUT2D eigenvalue weighted by Crippen LogP contribution is -2.35. The van der Waals surface area contributed by atoms with Crippen LogP contribution in [0.4, 0.5) is 13.2 Å². The smallest absolute Gasteiger partial charge is 0.257 e. The van der Waals surface area contributed by atoms with E-state index in [-0.39, 0.29) is 19.6 Å². The number of hydrogen-bond acceptors (Lipinski definition) is 3. The number of aromatic hydroxyl groups is 1. The lowest BCUT2D eigenvalue weighted by Gasteiger charge is -2.20. The number of nitrogens with zero attached hydrogens (tertiary/aromatic N) is 1. The Morgan fingerprint density at radius 2 is 2.00 bits per heavy atom. The number of carbonyl (C=O) groups is 1. The lowest BCUT2D eigenvalue weighted by molar-refractivity contribution is 0.0762. The second-order valence-electron chi connectivity index (χ2n) is 3.56. The lowest BCUT2D eigenvalue weighted by atomic mass is 10.1. The van der Waals surface area contributed by atoms with Gasteiger partial charge in [0.15, 0.2) is 17.4 Å². The van der Waals surface area contributed by atoms with E-state index in [0.717, 1.165) is 4.90 Å². The van der Waals surface area contributed by atoms with Crippen molar-refractivity contribution in [1.29, 1.82) is 0 Å². The fourth-order valence-corrected chi connectivity index (χ4v) is 1.48. The van der Waals surface area contributed by atoms with Gasteiger partial charge in [0.25, 0.3) is 5.91 Å². The minimum absolute atomic E-state index is 0.147. The summed E-state index contributed by atoms with van der Waals surface area (Å²) < 4.78 is 39.4. The molecule has 1 aromatic rings. The van der Waals surface area contributed by atoms with Crippen LogP contribution >= 0.6 is 0 Å². The van der Waals surface area contributed by atoms with Crippen LogP contribution in [0.2, 0.25) is 0 Å². The highest BCUT2D eigenvalue weighted by Crippen LogP contribution is 2.26. The van der Waals surface area contributed by atoms with E-state index in [0.29, 0.717) is 6.07 Å². The topological polar surface area (TPSA) is 66.6 Å². The Labute approximate surface area is 102 Å². The van der Waals surface area contributed by atoms with Gasteiger partial charge in [-0.25, -0.2) is 8.78 Å². The van der Waals surface area contributed by atoms with Gasteiger partial charge in [0.1, 0.15) is 0 Å². The summed E-state index contributed by atoms with van der Waals surface area (Å²) in [5, 5.41) is 9.02. The van der Waals surface area contributed by atoms with Crippen LogP contribution in [0.3, 0.4) is 0 Å². The predicted molar refractivity (Wildman–Crippen MR) is 58.6 cm³/mol. The summed E-state index contributed by atoms with van der Waals surface area (Å²) in [4.78, 5) is 13.0. The highest BCUT2D eigenvalue weighted by Gasteiger charge is 2.24. The van der Waals surface area contributed by atoms with Crippen LogP contribution in [0.5, 0.6) is 5.75 Å². The molecule has 0 heterocycles. The number of carbonyl (C=O) groups excluding carboxylic acids is 1. The second-order valence-corrected chi connectivity index (χ2v) is 3.56. The maximum absolute atomic E-state index is 13.5. The zero-order valence-electron chi connectivity index (χ0n) is 9.71. The van der Waals surface area contributed by atoms with Crippen LogP contribution in [0.1, 0.15) is 17.3 Å². The summed E-state index contributed by atoms with van der Waals surface area (Å²) in [7, 11) is 0. The number of rotatable bonds is 4. The van der Waals surface area contributed by atoms with Gasteiger partial charge in [-0.15, -0.1) is 0 Å². The summed E-state index contributed by atoms with van der Waals surface area (Å²) in [5.41, 5.74) is 4.55. The molecule has 0 bridgehead atoms. The average molecular weight is 262 g/mol. The molecular formula is C11H13F3N2O2. The van der Waals surface area contributed by atoms with Crippen molar-refractivity contribution in [3.8, 4) is 5.75 Å². The highest BCUT2D eigenvalue weighted by atomic mass is 19.2. The Morgan fingerprint density at radius 3 is 2.50 bits per heavy atom. The standard InChI is InChI=1S/C11H13F3N2O2/c1-2-16(4-3-15)11(18)6-5-7(12)9(14)10(17)8(6)13/h5,17H,2-4,15H2,1H3. The summed E-state index contributed by atoms with van der Waals surface area (Å²) in [6, 6.07) is 0.423. The summed E-state index contributed by atoms with van der Waals surface area (Å²) in [5.74, 6) is -7.03. The van der Waals surface area contributed by atoms with E-state index < -0.39 is 34.7 Å². The predicted octanol–water partition coefficient (Wildman–Crippen LogP) is 1.23. The third-order valence-corrected chi connectivity index (χ3v) is 2.43. The van der Waals surface area contributed by atoms with E-state index in [2.05, 4.69) is 0 Å². The van der Waals surface area contributed by atoms with E-state index in [1.807, 2.05) is 0 Å². The minimum atomic E-state index is -1.72. The van der Waals surface area contributed by atoms with Crippen LogP contribution in [-0.4, -0.2) is 35.5 Å². The summed E-state index contributed by atoms with van der Waals surface area (Å²) >= 11 is 0. The first-order valence-corrected chi connectivity index (χ1v) is 5.29. The van der Waals surface area contributed by atoms with Gasteiger partial charge in [-0.1, -0.05) is 0 Å². The fraction of sp³-hybridized carbons (Fsp3) is 0.364. The molecule has 4 nitrogen and oxygen atoms in total. The quantitative estimate of drug-likeness (QED) is 0.802. The van der Waals surface area contributed by atoms with Gasteiger partial charge in [-0.05, 0) is 13.0 Å². The number of phenolic OH excluding ortho intramolecular Hbond substituents is 1. The summed E-state index contributed by atoms with van der Waals surface area (Å²) in [6.45, 7) is 2.16. The van der Waals surface area contributed by atoms with Gasteiger partial charge >= 0.3 is 0 Å². The van der Waals surface area contributed by atoms with Crippen LogP contribution in [0, 0.1) is 17.5 Å². The number of nitrogens with two attached hydrogens (primary N) is 1. The molecule has 0 saturated heterocycles. The Balaban J connectivity index is 3.21. The maximum Gasteiger partial charge on any atom is 0.257 e. The van der Waals surface area contributed by atoms with Crippen molar-refractivity contribution in [2.24, 2.45) is 5.73 Å². The van der Waals surface area contributed by atoms with Crippen LogP contribution in [-0.2, 0) is 0 Å². The number of amides is 1. The molecule has 18 heavy (non-hydrogen) atoms. The summed E-state index contributed by atoms with van der Waals surface area (Å²) in [6.07, 6.45) is 0. The zero-order valence-corrected chi connectivity index (χ0v) is 9.71. The first kappa shape index (κ1) is 14.3. The number of likely N-dealkylation sites (N-methyl/N-ethyl adjacent to an activating group) is 1. The van der Waals surface area contributed by atoms with Crippen molar-refractivity contribution < 1.29 is 23.1 Å². The van der Waals surface area contributed by atoms with Gasteiger partial charge < -0.3 is 15.7 Å². The molecule has 3 N–H and O–H groups in total. The van der Waals surface area contributed by atoms with E-state index in [1.54, 1.807) is 6.92 Å². The van der Waals surface area contributed by atoms with Crippen molar-refractivity contribution in [2.45, 2.75) is 6.92 Å². The van der Waals surface area contributed by atoms with Gasteiger partial charge in [0.05, 0.1) is 5.56 Å². The fourth-order valence-electron chi connectivity index (χ4n) is 1.48. The number of hydrogen-bond donors (Lipinski definition) is 2. The second kappa shape index (κ2) is 5.72. The SMILES string of the molecule is CCN(CCN)C(=O)c1cc(F)c(F)c(O)c1F. The van der Waals surface area contributed by atoms with Crippen LogP contribution < -0.4 is 5.73 Å². The van der Waals surface area contributed by atoms with E-state index in [1.165, 1.54) is 0 Å².